The Labute approximate surface area is 110 Å². The normalized spacial score (nSPS) is 16.2. The van der Waals surface area contributed by atoms with Crippen LogP contribution in [0.1, 0.15) is 34.6 Å². The molecule has 3 N–H and O–H groups in total. The molecule has 0 fully saturated rings. The standard InChI is InChI=1S/C13H28N2O3/c1-9(2)7-18-8-11(4)14-13(17)15-12(5)10(3)6-16/h9-12,16H,6-8H2,1-5H3,(H2,14,15,17). The van der Waals surface area contributed by atoms with Crippen LogP contribution in [0.5, 0.6) is 0 Å². The van der Waals surface area contributed by atoms with Crippen molar-refractivity contribution < 1.29 is 14.6 Å². The number of aliphatic hydroxyl groups excluding tert-OH is 1. The summed E-state index contributed by atoms with van der Waals surface area (Å²) in [7, 11) is 0. The van der Waals surface area contributed by atoms with Gasteiger partial charge >= 0.3 is 6.03 Å². The number of carbonyl (C=O) groups is 1. The van der Waals surface area contributed by atoms with Crippen LogP contribution in [0.2, 0.25) is 0 Å². The van der Waals surface area contributed by atoms with Crippen LogP contribution < -0.4 is 10.6 Å². The molecule has 0 aromatic rings. The van der Waals surface area contributed by atoms with E-state index in [9.17, 15) is 4.79 Å². The third-order valence-electron chi connectivity index (χ3n) is 2.70. The van der Waals surface area contributed by atoms with Crippen molar-refractivity contribution >= 4 is 6.03 Å². The van der Waals surface area contributed by atoms with Crippen LogP contribution in [0.3, 0.4) is 0 Å². The molecule has 3 unspecified atom stereocenters. The van der Waals surface area contributed by atoms with Crippen molar-refractivity contribution in [1.82, 2.24) is 10.6 Å². The number of aliphatic hydroxyl groups is 1. The second-order valence-corrected chi connectivity index (χ2v) is 5.40. The molecule has 0 saturated carbocycles. The minimum Gasteiger partial charge on any atom is -0.396 e. The van der Waals surface area contributed by atoms with Crippen molar-refractivity contribution in [2.45, 2.75) is 46.7 Å². The van der Waals surface area contributed by atoms with Gasteiger partial charge < -0.3 is 20.5 Å². The van der Waals surface area contributed by atoms with E-state index in [4.69, 9.17) is 9.84 Å². The molecule has 0 aromatic heterocycles. The first-order chi connectivity index (χ1) is 8.36. The van der Waals surface area contributed by atoms with Crippen LogP contribution >= 0.6 is 0 Å². The van der Waals surface area contributed by atoms with Gasteiger partial charge in [0.15, 0.2) is 0 Å². The summed E-state index contributed by atoms with van der Waals surface area (Å²) in [6.45, 7) is 11.1. The third kappa shape index (κ3) is 8.31. The van der Waals surface area contributed by atoms with Gasteiger partial charge in [0.25, 0.3) is 0 Å². The molecule has 0 aliphatic heterocycles. The molecule has 0 saturated heterocycles. The maximum absolute atomic E-state index is 11.6. The summed E-state index contributed by atoms with van der Waals surface area (Å²) in [5.74, 6) is 0.541. The average Bonchev–Trinajstić information content (AvgIpc) is 2.26. The number of hydrogen-bond acceptors (Lipinski definition) is 3. The van der Waals surface area contributed by atoms with Crippen LogP contribution in [0.25, 0.3) is 0 Å². The molecule has 0 aliphatic rings. The van der Waals surface area contributed by atoms with E-state index < -0.39 is 0 Å². The van der Waals surface area contributed by atoms with E-state index >= 15 is 0 Å². The lowest BCUT2D eigenvalue weighted by molar-refractivity contribution is 0.0951. The SMILES string of the molecule is CC(C)COCC(C)NC(=O)NC(C)C(C)CO. The van der Waals surface area contributed by atoms with Crippen LogP contribution in [-0.4, -0.2) is 43.0 Å². The summed E-state index contributed by atoms with van der Waals surface area (Å²) in [5, 5.41) is 14.6. The molecule has 5 heteroatoms. The summed E-state index contributed by atoms with van der Waals surface area (Å²) in [6.07, 6.45) is 0. The highest BCUT2D eigenvalue weighted by molar-refractivity contribution is 5.74. The summed E-state index contributed by atoms with van der Waals surface area (Å²) in [4.78, 5) is 11.6. The van der Waals surface area contributed by atoms with Crippen molar-refractivity contribution in [2.75, 3.05) is 19.8 Å². The smallest absolute Gasteiger partial charge is 0.315 e. The Bertz CT molecular complexity index is 234. The zero-order valence-corrected chi connectivity index (χ0v) is 12.2. The zero-order valence-electron chi connectivity index (χ0n) is 12.2. The highest BCUT2D eigenvalue weighted by atomic mass is 16.5. The Hall–Kier alpha value is -0.810. The predicted molar refractivity (Wildman–Crippen MR) is 72.5 cm³/mol. The minimum absolute atomic E-state index is 0.0274. The second-order valence-electron chi connectivity index (χ2n) is 5.40. The van der Waals surface area contributed by atoms with Gasteiger partial charge in [0, 0.05) is 19.3 Å². The number of nitrogens with one attached hydrogen (secondary N) is 2. The van der Waals surface area contributed by atoms with E-state index in [0.29, 0.717) is 19.1 Å². The van der Waals surface area contributed by atoms with Crippen LogP contribution in [0, 0.1) is 11.8 Å². The largest absolute Gasteiger partial charge is 0.396 e. The quantitative estimate of drug-likeness (QED) is 0.617. The highest BCUT2D eigenvalue weighted by Gasteiger charge is 2.15. The van der Waals surface area contributed by atoms with Crippen molar-refractivity contribution in [1.29, 1.82) is 0 Å². The fraction of sp³-hybridized carbons (Fsp3) is 0.923. The van der Waals surface area contributed by atoms with Gasteiger partial charge in [-0.25, -0.2) is 4.79 Å². The molecule has 0 rings (SSSR count). The summed E-state index contributed by atoms with van der Waals surface area (Å²) >= 11 is 0. The molecule has 0 aromatic carbocycles. The fourth-order valence-electron chi connectivity index (χ4n) is 1.29. The first kappa shape index (κ1) is 17.2. The van der Waals surface area contributed by atoms with E-state index in [1.165, 1.54) is 0 Å². The lowest BCUT2D eigenvalue weighted by Gasteiger charge is -2.21. The Balaban J connectivity index is 3.79. The maximum atomic E-state index is 11.6. The molecule has 0 spiro atoms. The average molecular weight is 260 g/mol. The molecule has 18 heavy (non-hydrogen) atoms. The fourth-order valence-corrected chi connectivity index (χ4v) is 1.29. The number of ether oxygens (including phenoxy) is 1. The number of amides is 2. The van der Waals surface area contributed by atoms with Gasteiger partial charge in [-0.15, -0.1) is 0 Å². The molecule has 108 valence electrons. The van der Waals surface area contributed by atoms with Crippen molar-refractivity contribution in [2.24, 2.45) is 11.8 Å². The number of rotatable bonds is 8. The van der Waals surface area contributed by atoms with Gasteiger partial charge in [-0.1, -0.05) is 20.8 Å². The topological polar surface area (TPSA) is 70.6 Å². The van der Waals surface area contributed by atoms with Crippen molar-refractivity contribution in [3.05, 3.63) is 0 Å². The van der Waals surface area contributed by atoms with Crippen molar-refractivity contribution in [3.63, 3.8) is 0 Å². The molecular weight excluding hydrogens is 232 g/mol. The van der Waals surface area contributed by atoms with Gasteiger partial charge in [0.2, 0.25) is 0 Å². The predicted octanol–water partition coefficient (Wildman–Crippen LogP) is 1.36. The zero-order chi connectivity index (χ0) is 14.1. The number of urea groups is 1. The maximum Gasteiger partial charge on any atom is 0.315 e. The molecular formula is C13H28N2O3. The van der Waals surface area contributed by atoms with Gasteiger partial charge in [0.1, 0.15) is 0 Å². The monoisotopic (exact) mass is 260 g/mol. The van der Waals surface area contributed by atoms with Gasteiger partial charge in [-0.2, -0.15) is 0 Å². The number of hydrogen-bond donors (Lipinski definition) is 3. The van der Waals surface area contributed by atoms with Crippen LogP contribution in [-0.2, 0) is 4.74 Å². The van der Waals surface area contributed by atoms with Gasteiger partial charge in [0.05, 0.1) is 12.6 Å². The molecule has 0 aliphatic carbocycles. The second kappa shape index (κ2) is 9.16. The van der Waals surface area contributed by atoms with E-state index in [0.717, 1.165) is 0 Å². The lowest BCUT2D eigenvalue weighted by atomic mass is 10.1. The van der Waals surface area contributed by atoms with Crippen molar-refractivity contribution in [3.8, 4) is 0 Å². The Morgan fingerprint density at radius 1 is 1.11 bits per heavy atom. The molecule has 0 bridgehead atoms. The Morgan fingerprint density at radius 3 is 2.22 bits per heavy atom. The van der Waals surface area contributed by atoms with Gasteiger partial charge in [-0.05, 0) is 25.7 Å². The molecule has 3 atom stereocenters. The van der Waals surface area contributed by atoms with E-state index in [1.807, 2.05) is 20.8 Å². The van der Waals surface area contributed by atoms with E-state index in [2.05, 4.69) is 24.5 Å². The molecule has 0 radical (unpaired) electrons. The molecule has 2 amide bonds. The summed E-state index contributed by atoms with van der Waals surface area (Å²) in [5.41, 5.74) is 0. The minimum atomic E-state index is -0.219. The van der Waals surface area contributed by atoms with Crippen LogP contribution in [0.15, 0.2) is 0 Å². The Morgan fingerprint density at radius 2 is 1.72 bits per heavy atom. The van der Waals surface area contributed by atoms with Gasteiger partial charge in [-0.3, -0.25) is 0 Å². The highest BCUT2D eigenvalue weighted by Crippen LogP contribution is 2.00. The van der Waals surface area contributed by atoms with E-state index in [-0.39, 0.29) is 30.6 Å². The first-order valence-electron chi connectivity index (χ1n) is 6.62. The summed E-state index contributed by atoms with van der Waals surface area (Å²) < 4.78 is 5.45. The van der Waals surface area contributed by atoms with E-state index in [1.54, 1.807) is 0 Å². The first-order valence-corrected chi connectivity index (χ1v) is 6.62. The number of carbonyl (C=O) groups excluding carboxylic acids is 1. The summed E-state index contributed by atoms with van der Waals surface area (Å²) in [6, 6.07) is -0.303. The third-order valence-corrected chi connectivity index (χ3v) is 2.70. The molecule has 0 heterocycles. The van der Waals surface area contributed by atoms with Crippen LogP contribution in [0.4, 0.5) is 4.79 Å². The molecule has 5 nitrogen and oxygen atoms in total. The Kier molecular flexibility index (Phi) is 8.75. The lowest BCUT2D eigenvalue weighted by Crippen LogP contribution is -2.48.